The Morgan fingerprint density at radius 2 is 2.07 bits per heavy atom. The Bertz CT molecular complexity index is 947. The van der Waals surface area contributed by atoms with E-state index < -0.39 is 5.97 Å². The van der Waals surface area contributed by atoms with Gasteiger partial charge in [0, 0.05) is 6.07 Å². The fourth-order valence-corrected chi connectivity index (χ4v) is 2.74. The normalized spacial score (nSPS) is 13.6. The lowest BCUT2D eigenvalue weighted by Gasteiger charge is -2.20. The van der Waals surface area contributed by atoms with Crippen LogP contribution < -0.4 is 9.64 Å². The van der Waals surface area contributed by atoms with Gasteiger partial charge >= 0.3 is 5.97 Å². The Hall–Kier alpha value is -3.55. The van der Waals surface area contributed by atoms with Crippen molar-refractivity contribution in [2.45, 2.75) is 13.0 Å². The SMILES string of the molecule is O=C(CN1C(=O)CCOc2ccccc21)OCc1cc(-c2ccco2)on1. The summed E-state index contributed by atoms with van der Waals surface area (Å²) in [5.74, 6) is 0.795. The van der Waals surface area contributed by atoms with E-state index in [2.05, 4.69) is 5.16 Å². The highest BCUT2D eigenvalue weighted by atomic mass is 16.5. The molecule has 1 aliphatic heterocycles. The second kappa shape index (κ2) is 7.36. The van der Waals surface area contributed by atoms with Crippen LogP contribution in [0.5, 0.6) is 5.75 Å². The third-order valence-electron chi connectivity index (χ3n) is 4.02. The summed E-state index contributed by atoms with van der Waals surface area (Å²) in [4.78, 5) is 26.0. The topological polar surface area (TPSA) is 95.0 Å². The molecule has 0 fully saturated rings. The first-order chi connectivity index (χ1) is 13.2. The highest BCUT2D eigenvalue weighted by Gasteiger charge is 2.25. The van der Waals surface area contributed by atoms with E-state index in [-0.39, 0.29) is 32.1 Å². The molecular formula is C19H16N2O6. The van der Waals surface area contributed by atoms with Gasteiger partial charge in [0.05, 0.1) is 25.0 Å². The molecule has 4 rings (SSSR count). The molecule has 0 aliphatic carbocycles. The van der Waals surface area contributed by atoms with Crippen LogP contribution in [0.3, 0.4) is 0 Å². The molecule has 8 nitrogen and oxygen atoms in total. The molecule has 0 saturated heterocycles. The predicted molar refractivity (Wildman–Crippen MR) is 92.9 cm³/mol. The van der Waals surface area contributed by atoms with Crippen LogP contribution in [-0.2, 0) is 20.9 Å². The minimum atomic E-state index is -0.553. The van der Waals surface area contributed by atoms with Crippen LogP contribution in [0.15, 0.2) is 57.7 Å². The zero-order valence-electron chi connectivity index (χ0n) is 14.3. The lowest BCUT2D eigenvalue weighted by atomic mass is 10.2. The number of benzene rings is 1. The minimum absolute atomic E-state index is 0.0663. The van der Waals surface area contributed by atoms with Gasteiger partial charge in [-0.2, -0.15) is 0 Å². The summed E-state index contributed by atoms with van der Waals surface area (Å²) >= 11 is 0. The number of fused-ring (bicyclic) bond motifs is 1. The van der Waals surface area contributed by atoms with E-state index in [4.69, 9.17) is 18.4 Å². The lowest BCUT2D eigenvalue weighted by Crippen LogP contribution is -2.36. The zero-order valence-corrected chi connectivity index (χ0v) is 14.3. The van der Waals surface area contributed by atoms with Crippen molar-refractivity contribution in [2.75, 3.05) is 18.1 Å². The van der Waals surface area contributed by atoms with Gasteiger partial charge in [-0.1, -0.05) is 17.3 Å². The Balaban J connectivity index is 1.40. The predicted octanol–water partition coefficient (Wildman–Crippen LogP) is 2.79. The molecule has 3 aromatic rings. The van der Waals surface area contributed by atoms with Gasteiger partial charge < -0.3 is 18.4 Å². The molecule has 27 heavy (non-hydrogen) atoms. The minimum Gasteiger partial charge on any atom is -0.491 e. The van der Waals surface area contributed by atoms with Crippen LogP contribution in [0.25, 0.3) is 11.5 Å². The summed E-state index contributed by atoms with van der Waals surface area (Å²) in [7, 11) is 0. The van der Waals surface area contributed by atoms with Crippen molar-refractivity contribution in [3.8, 4) is 17.3 Å². The van der Waals surface area contributed by atoms with Gasteiger partial charge in [0.25, 0.3) is 0 Å². The van der Waals surface area contributed by atoms with Gasteiger partial charge in [-0.25, -0.2) is 0 Å². The highest BCUT2D eigenvalue weighted by Crippen LogP contribution is 2.30. The molecule has 0 N–H and O–H groups in total. The molecule has 0 bridgehead atoms. The number of ether oxygens (including phenoxy) is 2. The van der Waals surface area contributed by atoms with Gasteiger partial charge in [0.1, 0.15) is 24.6 Å². The largest absolute Gasteiger partial charge is 0.491 e. The number of amides is 1. The maximum Gasteiger partial charge on any atom is 0.326 e. The Kier molecular flexibility index (Phi) is 4.61. The Morgan fingerprint density at radius 1 is 1.19 bits per heavy atom. The summed E-state index contributed by atoms with van der Waals surface area (Å²) in [6.45, 7) is 0.00120. The first-order valence-corrected chi connectivity index (χ1v) is 8.38. The lowest BCUT2D eigenvalue weighted by molar-refractivity contribution is -0.144. The number of hydrogen-bond donors (Lipinski definition) is 0. The third-order valence-corrected chi connectivity index (χ3v) is 4.02. The number of furan rings is 1. The van der Waals surface area contributed by atoms with E-state index in [0.717, 1.165) is 0 Å². The molecule has 0 unspecified atom stereocenters. The van der Waals surface area contributed by atoms with Crippen molar-refractivity contribution in [1.29, 1.82) is 0 Å². The molecule has 0 saturated carbocycles. The molecule has 3 heterocycles. The molecule has 1 aromatic carbocycles. The van der Waals surface area contributed by atoms with E-state index in [0.29, 0.717) is 28.7 Å². The van der Waals surface area contributed by atoms with Crippen molar-refractivity contribution in [2.24, 2.45) is 0 Å². The van der Waals surface area contributed by atoms with Crippen LogP contribution in [0.2, 0.25) is 0 Å². The van der Waals surface area contributed by atoms with Crippen LogP contribution >= 0.6 is 0 Å². The van der Waals surface area contributed by atoms with E-state index in [1.54, 1.807) is 36.4 Å². The molecule has 138 valence electrons. The standard InChI is InChI=1S/C19H16N2O6/c22-18-7-9-25-15-5-2-1-4-14(15)21(18)11-19(23)26-12-13-10-17(27-20-13)16-6-3-8-24-16/h1-6,8,10H,7,9,11-12H2. The maximum absolute atomic E-state index is 12.3. The highest BCUT2D eigenvalue weighted by molar-refractivity contribution is 5.99. The first kappa shape index (κ1) is 16.9. The van der Waals surface area contributed by atoms with Crippen molar-refractivity contribution in [3.05, 3.63) is 54.4 Å². The molecule has 0 atom stereocenters. The average molecular weight is 368 g/mol. The number of rotatable bonds is 5. The van der Waals surface area contributed by atoms with E-state index in [9.17, 15) is 9.59 Å². The molecular weight excluding hydrogens is 352 g/mol. The first-order valence-electron chi connectivity index (χ1n) is 8.38. The third kappa shape index (κ3) is 3.69. The van der Waals surface area contributed by atoms with Crippen molar-refractivity contribution in [1.82, 2.24) is 5.16 Å². The number of aromatic nitrogens is 1. The van der Waals surface area contributed by atoms with Crippen LogP contribution in [0, 0.1) is 0 Å². The van der Waals surface area contributed by atoms with Crippen LogP contribution in [-0.4, -0.2) is 30.2 Å². The summed E-state index contributed by atoms with van der Waals surface area (Å²) < 4.78 is 21.2. The summed E-state index contributed by atoms with van der Waals surface area (Å²) in [5.41, 5.74) is 0.999. The number of hydrogen-bond acceptors (Lipinski definition) is 7. The molecule has 0 spiro atoms. The van der Waals surface area contributed by atoms with E-state index in [1.165, 1.54) is 11.2 Å². The Labute approximate surface area is 154 Å². The number of anilines is 1. The summed E-state index contributed by atoms with van der Waals surface area (Å²) in [6, 6.07) is 12.2. The van der Waals surface area contributed by atoms with Gasteiger partial charge in [0.15, 0.2) is 5.76 Å². The fourth-order valence-electron chi connectivity index (χ4n) is 2.74. The van der Waals surface area contributed by atoms with Crippen molar-refractivity contribution >= 4 is 17.6 Å². The number of para-hydroxylation sites is 2. The molecule has 1 aliphatic rings. The number of nitrogens with zero attached hydrogens (tertiary/aromatic N) is 2. The molecule has 1 amide bonds. The van der Waals surface area contributed by atoms with E-state index >= 15 is 0 Å². The Morgan fingerprint density at radius 3 is 2.93 bits per heavy atom. The molecule has 0 radical (unpaired) electrons. The average Bonchev–Trinajstić information content (AvgIpc) is 3.34. The van der Waals surface area contributed by atoms with Crippen LogP contribution in [0.1, 0.15) is 12.1 Å². The summed E-state index contributed by atoms with van der Waals surface area (Å²) in [6.07, 6.45) is 1.72. The van der Waals surface area contributed by atoms with Gasteiger partial charge in [0.2, 0.25) is 11.7 Å². The second-order valence-corrected chi connectivity index (χ2v) is 5.87. The van der Waals surface area contributed by atoms with Gasteiger partial charge in [-0.15, -0.1) is 0 Å². The number of carbonyl (C=O) groups excluding carboxylic acids is 2. The van der Waals surface area contributed by atoms with Gasteiger partial charge in [-0.05, 0) is 24.3 Å². The molecule has 8 heteroatoms. The van der Waals surface area contributed by atoms with Gasteiger partial charge in [-0.3, -0.25) is 14.5 Å². The molecule has 2 aromatic heterocycles. The number of carbonyl (C=O) groups is 2. The number of esters is 1. The monoisotopic (exact) mass is 368 g/mol. The van der Waals surface area contributed by atoms with E-state index in [1.807, 2.05) is 6.07 Å². The van der Waals surface area contributed by atoms with Crippen LogP contribution in [0.4, 0.5) is 5.69 Å². The second-order valence-electron chi connectivity index (χ2n) is 5.87. The maximum atomic E-state index is 12.3. The van der Waals surface area contributed by atoms with Crippen molar-refractivity contribution < 1.29 is 28.0 Å². The zero-order chi connectivity index (χ0) is 18.6. The summed E-state index contributed by atoms with van der Waals surface area (Å²) in [5, 5.41) is 3.84. The fraction of sp³-hybridized carbons (Fsp3) is 0.211. The van der Waals surface area contributed by atoms with Crippen molar-refractivity contribution in [3.63, 3.8) is 0 Å². The smallest absolute Gasteiger partial charge is 0.326 e. The quantitative estimate of drug-likeness (QED) is 0.639.